The average Bonchev–Trinajstić information content (AvgIpc) is 2.29. The first-order valence-corrected chi connectivity index (χ1v) is 5.58. The van der Waals surface area contributed by atoms with E-state index >= 15 is 0 Å². The molecule has 1 N–H and O–H groups in total. The van der Waals surface area contributed by atoms with Crippen molar-refractivity contribution in [1.82, 2.24) is 5.32 Å². The van der Waals surface area contributed by atoms with Gasteiger partial charge in [0.15, 0.2) is 6.29 Å². The monoisotopic (exact) mass is 223 g/mol. The molecule has 1 rings (SSSR count). The molecule has 1 aromatic carbocycles. The molecule has 0 amide bonds. The number of methoxy groups -OCH3 is 2. The Morgan fingerprint density at radius 3 is 2.44 bits per heavy atom. The molecule has 0 bridgehead atoms. The molecule has 1 aromatic rings. The molecule has 0 saturated carbocycles. The summed E-state index contributed by atoms with van der Waals surface area (Å²) in [6.45, 7) is 5.04. The van der Waals surface area contributed by atoms with Crippen molar-refractivity contribution in [3.8, 4) is 0 Å². The molecule has 0 heterocycles. The first-order chi connectivity index (χ1) is 7.72. The lowest BCUT2D eigenvalue weighted by atomic mass is 10.0. The van der Waals surface area contributed by atoms with Crippen LogP contribution in [0.2, 0.25) is 0 Å². The van der Waals surface area contributed by atoms with Gasteiger partial charge in [0.2, 0.25) is 0 Å². The maximum atomic E-state index is 5.32. The van der Waals surface area contributed by atoms with Gasteiger partial charge in [-0.25, -0.2) is 0 Å². The Hall–Kier alpha value is -0.900. The number of likely N-dealkylation sites (N-methyl/N-ethyl adjacent to an activating group) is 1. The van der Waals surface area contributed by atoms with Gasteiger partial charge in [-0.05, 0) is 19.0 Å². The van der Waals surface area contributed by atoms with Crippen LogP contribution in [0.4, 0.5) is 0 Å². The van der Waals surface area contributed by atoms with Crippen molar-refractivity contribution < 1.29 is 9.47 Å². The highest BCUT2D eigenvalue weighted by Gasteiger charge is 2.21. The number of rotatable bonds is 6. The van der Waals surface area contributed by atoms with Crippen molar-refractivity contribution >= 4 is 0 Å². The van der Waals surface area contributed by atoms with Crippen LogP contribution in [-0.4, -0.2) is 27.1 Å². The Kier molecular flexibility index (Phi) is 5.46. The number of benzene rings is 1. The van der Waals surface area contributed by atoms with Gasteiger partial charge in [0, 0.05) is 14.2 Å². The molecular weight excluding hydrogens is 202 g/mol. The predicted molar refractivity (Wildman–Crippen MR) is 65.4 cm³/mol. The standard InChI is InChI=1S/C13H21NO2/c1-5-14-12(13(15-3)16-4)11-8-6-7-10(2)9-11/h6-9,12-14H,5H2,1-4H3. The first kappa shape index (κ1) is 13.2. The molecule has 0 aliphatic rings. The minimum atomic E-state index is -0.262. The fourth-order valence-corrected chi connectivity index (χ4v) is 1.82. The Balaban J connectivity index is 2.91. The van der Waals surface area contributed by atoms with Gasteiger partial charge in [0.1, 0.15) is 0 Å². The zero-order chi connectivity index (χ0) is 12.0. The van der Waals surface area contributed by atoms with Crippen molar-refractivity contribution in [2.45, 2.75) is 26.2 Å². The van der Waals surface area contributed by atoms with E-state index in [1.165, 1.54) is 11.1 Å². The van der Waals surface area contributed by atoms with E-state index in [2.05, 4.69) is 43.4 Å². The summed E-state index contributed by atoms with van der Waals surface area (Å²) in [5.74, 6) is 0. The maximum Gasteiger partial charge on any atom is 0.176 e. The number of aryl methyl sites for hydroxylation is 1. The largest absolute Gasteiger partial charge is 0.354 e. The summed E-state index contributed by atoms with van der Waals surface area (Å²) in [5, 5.41) is 3.38. The summed E-state index contributed by atoms with van der Waals surface area (Å²) in [6, 6.07) is 8.45. The van der Waals surface area contributed by atoms with Crippen molar-refractivity contribution in [2.24, 2.45) is 0 Å². The van der Waals surface area contributed by atoms with Crippen LogP contribution in [0.25, 0.3) is 0 Å². The molecule has 0 aromatic heterocycles. The third kappa shape index (κ3) is 3.30. The topological polar surface area (TPSA) is 30.5 Å². The second kappa shape index (κ2) is 6.63. The zero-order valence-corrected chi connectivity index (χ0v) is 10.5. The van der Waals surface area contributed by atoms with E-state index in [0.29, 0.717) is 0 Å². The van der Waals surface area contributed by atoms with Crippen molar-refractivity contribution in [1.29, 1.82) is 0 Å². The lowest BCUT2D eigenvalue weighted by molar-refractivity contribution is -0.123. The molecule has 3 heteroatoms. The summed E-state index contributed by atoms with van der Waals surface area (Å²) >= 11 is 0. The lowest BCUT2D eigenvalue weighted by Crippen LogP contribution is -2.34. The summed E-state index contributed by atoms with van der Waals surface area (Å²) in [5.41, 5.74) is 2.43. The number of ether oxygens (including phenoxy) is 2. The molecular formula is C13H21NO2. The van der Waals surface area contributed by atoms with Gasteiger partial charge in [0.25, 0.3) is 0 Å². The normalized spacial score (nSPS) is 13.1. The Morgan fingerprint density at radius 2 is 1.94 bits per heavy atom. The smallest absolute Gasteiger partial charge is 0.176 e. The third-order valence-electron chi connectivity index (χ3n) is 2.56. The summed E-state index contributed by atoms with van der Waals surface area (Å²) < 4.78 is 10.6. The number of hydrogen-bond acceptors (Lipinski definition) is 3. The van der Waals surface area contributed by atoms with E-state index in [4.69, 9.17) is 9.47 Å². The van der Waals surface area contributed by atoms with Gasteiger partial charge in [-0.1, -0.05) is 36.8 Å². The van der Waals surface area contributed by atoms with Crippen LogP contribution in [0.15, 0.2) is 24.3 Å². The van der Waals surface area contributed by atoms with Crippen LogP contribution in [0.5, 0.6) is 0 Å². The molecule has 0 aliphatic heterocycles. The van der Waals surface area contributed by atoms with E-state index < -0.39 is 0 Å². The van der Waals surface area contributed by atoms with Crippen LogP contribution in [0.3, 0.4) is 0 Å². The zero-order valence-electron chi connectivity index (χ0n) is 10.5. The first-order valence-electron chi connectivity index (χ1n) is 5.58. The molecule has 1 atom stereocenters. The van der Waals surface area contributed by atoms with Crippen molar-refractivity contribution in [3.05, 3.63) is 35.4 Å². The predicted octanol–water partition coefficient (Wildman–Crippen LogP) is 2.26. The van der Waals surface area contributed by atoms with E-state index in [9.17, 15) is 0 Å². The molecule has 0 fully saturated rings. The summed E-state index contributed by atoms with van der Waals surface area (Å²) in [4.78, 5) is 0. The highest BCUT2D eigenvalue weighted by atomic mass is 16.7. The van der Waals surface area contributed by atoms with E-state index in [1.54, 1.807) is 14.2 Å². The Bertz CT molecular complexity index is 311. The minimum absolute atomic E-state index is 0.0694. The number of nitrogens with one attached hydrogen (secondary N) is 1. The van der Waals surface area contributed by atoms with Gasteiger partial charge in [-0.3, -0.25) is 0 Å². The molecule has 0 radical (unpaired) electrons. The molecule has 3 nitrogen and oxygen atoms in total. The Morgan fingerprint density at radius 1 is 1.25 bits per heavy atom. The fraction of sp³-hybridized carbons (Fsp3) is 0.538. The molecule has 1 unspecified atom stereocenters. The highest BCUT2D eigenvalue weighted by Crippen LogP contribution is 2.20. The molecule has 0 aliphatic carbocycles. The lowest BCUT2D eigenvalue weighted by Gasteiger charge is -2.26. The highest BCUT2D eigenvalue weighted by molar-refractivity contribution is 5.25. The molecule has 16 heavy (non-hydrogen) atoms. The van der Waals surface area contributed by atoms with Gasteiger partial charge >= 0.3 is 0 Å². The molecule has 0 spiro atoms. The van der Waals surface area contributed by atoms with Crippen molar-refractivity contribution in [2.75, 3.05) is 20.8 Å². The van der Waals surface area contributed by atoms with E-state index in [1.807, 2.05) is 0 Å². The molecule has 0 saturated heterocycles. The molecule has 90 valence electrons. The fourth-order valence-electron chi connectivity index (χ4n) is 1.82. The van der Waals surface area contributed by atoms with E-state index in [0.717, 1.165) is 6.54 Å². The van der Waals surface area contributed by atoms with Crippen LogP contribution in [-0.2, 0) is 9.47 Å². The third-order valence-corrected chi connectivity index (χ3v) is 2.56. The maximum absolute atomic E-state index is 5.32. The van der Waals surface area contributed by atoms with Crippen molar-refractivity contribution in [3.63, 3.8) is 0 Å². The van der Waals surface area contributed by atoms with Gasteiger partial charge in [0.05, 0.1) is 6.04 Å². The van der Waals surface area contributed by atoms with Crippen LogP contribution >= 0.6 is 0 Å². The summed E-state index contributed by atoms with van der Waals surface area (Å²) in [6.07, 6.45) is -0.262. The second-order valence-electron chi connectivity index (χ2n) is 3.79. The van der Waals surface area contributed by atoms with Gasteiger partial charge < -0.3 is 14.8 Å². The van der Waals surface area contributed by atoms with Gasteiger partial charge in [-0.15, -0.1) is 0 Å². The van der Waals surface area contributed by atoms with Gasteiger partial charge in [-0.2, -0.15) is 0 Å². The van der Waals surface area contributed by atoms with Crippen LogP contribution < -0.4 is 5.32 Å². The number of hydrogen-bond donors (Lipinski definition) is 1. The Labute approximate surface area is 97.8 Å². The quantitative estimate of drug-likeness (QED) is 0.750. The minimum Gasteiger partial charge on any atom is -0.354 e. The average molecular weight is 223 g/mol. The second-order valence-corrected chi connectivity index (χ2v) is 3.79. The summed E-state index contributed by atoms with van der Waals surface area (Å²) in [7, 11) is 3.32. The van der Waals surface area contributed by atoms with E-state index in [-0.39, 0.29) is 12.3 Å². The van der Waals surface area contributed by atoms with Crippen LogP contribution in [0, 0.1) is 6.92 Å². The van der Waals surface area contributed by atoms with Crippen LogP contribution in [0.1, 0.15) is 24.1 Å². The SMILES string of the molecule is CCNC(c1cccc(C)c1)C(OC)OC.